The second kappa shape index (κ2) is 3.85. The van der Waals surface area contributed by atoms with Gasteiger partial charge in [0.25, 0.3) is 0 Å². The zero-order valence-electron chi connectivity index (χ0n) is 7.85. The third-order valence-corrected chi connectivity index (χ3v) is 2.57. The van der Waals surface area contributed by atoms with Gasteiger partial charge in [0.2, 0.25) is 11.5 Å². The first-order valence-corrected chi connectivity index (χ1v) is 5.77. The molecule has 0 saturated carbocycles. The fourth-order valence-corrected chi connectivity index (χ4v) is 1.62. The molecule has 1 radical (unpaired) electrons. The first kappa shape index (κ1) is 11.4. The summed E-state index contributed by atoms with van der Waals surface area (Å²) in [6.45, 7) is 0. The fourth-order valence-electron chi connectivity index (χ4n) is 0.985. The van der Waals surface area contributed by atoms with Crippen molar-refractivity contribution in [3.8, 4) is 0 Å². The molecule has 0 saturated heterocycles. The maximum absolute atomic E-state index is 11.1. The monoisotopic (exact) mass is 229 g/mol. The summed E-state index contributed by atoms with van der Waals surface area (Å²) in [5, 5.41) is -0.248. The van der Waals surface area contributed by atoms with Gasteiger partial charge < -0.3 is 10.7 Å². The standard InChI is InChI=1S/C8H9N2O4S/c1-15(13,14)8-4-5(2-6(9)11)3-7(12)10-8/h2-4H,1H3,(H2,9,11)(H,10,12). The number of aromatic nitrogens is 1. The fraction of sp³-hybridized carbons (Fsp3) is 0.125. The minimum Gasteiger partial charge on any atom is -0.369 e. The molecule has 1 rings (SSSR count). The molecule has 1 amide bonds. The molecule has 81 valence electrons. The lowest BCUT2D eigenvalue weighted by molar-refractivity contribution is -0.114. The van der Waals surface area contributed by atoms with Crippen LogP contribution in [0.3, 0.4) is 0 Å². The average molecular weight is 229 g/mol. The molecule has 0 bridgehead atoms. The molecule has 0 spiro atoms. The Bertz CT molecular complexity index is 544. The molecular formula is C8H9N2O4S. The molecule has 0 aliphatic carbocycles. The van der Waals surface area contributed by atoms with E-state index in [0.717, 1.165) is 18.7 Å². The average Bonchev–Trinajstić information content (AvgIpc) is 1.99. The Balaban J connectivity index is 3.29. The van der Waals surface area contributed by atoms with Crippen molar-refractivity contribution in [3.63, 3.8) is 0 Å². The molecule has 1 aromatic rings. The molecule has 0 aromatic carbocycles. The number of H-pyrrole nitrogens is 1. The van der Waals surface area contributed by atoms with E-state index in [1.807, 2.05) is 0 Å². The van der Waals surface area contributed by atoms with Crippen LogP contribution in [0.4, 0.5) is 0 Å². The van der Waals surface area contributed by atoms with Crippen LogP contribution in [0.15, 0.2) is 22.0 Å². The molecule has 0 fully saturated rings. The van der Waals surface area contributed by atoms with E-state index in [0.29, 0.717) is 0 Å². The molecule has 1 aromatic heterocycles. The topological polar surface area (TPSA) is 110 Å². The van der Waals surface area contributed by atoms with Crippen LogP contribution in [0.25, 0.3) is 0 Å². The number of hydrogen-bond donors (Lipinski definition) is 2. The molecule has 15 heavy (non-hydrogen) atoms. The molecule has 7 heteroatoms. The Labute approximate surface area is 86.0 Å². The summed E-state index contributed by atoms with van der Waals surface area (Å²) in [5.74, 6) is -0.750. The normalized spacial score (nSPS) is 11.3. The smallest absolute Gasteiger partial charge is 0.249 e. The van der Waals surface area contributed by atoms with E-state index < -0.39 is 21.3 Å². The SMILES string of the molecule is CS(=O)(=O)c1cc([CH]C(N)=O)cc(=O)[nH]1. The Morgan fingerprint density at radius 3 is 2.53 bits per heavy atom. The van der Waals surface area contributed by atoms with E-state index in [1.54, 1.807) is 0 Å². The Morgan fingerprint density at radius 2 is 2.07 bits per heavy atom. The predicted molar refractivity (Wildman–Crippen MR) is 52.8 cm³/mol. The zero-order chi connectivity index (χ0) is 11.6. The van der Waals surface area contributed by atoms with Gasteiger partial charge in [-0.1, -0.05) is 0 Å². The van der Waals surface area contributed by atoms with Crippen molar-refractivity contribution in [2.75, 3.05) is 6.26 Å². The minimum atomic E-state index is -3.51. The summed E-state index contributed by atoms with van der Waals surface area (Å²) in [4.78, 5) is 23.7. The highest BCUT2D eigenvalue weighted by atomic mass is 32.2. The van der Waals surface area contributed by atoms with Crippen molar-refractivity contribution in [1.29, 1.82) is 0 Å². The highest BCUT2D eigenvalue weighted by molar-refractivity contribution is 7.90. The lowest BCUT2D eigenvalue weighted by atomic mass is 10.2. The number of aromatic amines is 1. The number of amides is 1. The number of nitrogens with two attached hydrogens (primary N) is 1. The third kappa shape index (κ3) is 3.21. The van der Waals surface area contributed by atoms with E-state index in [2.05, 4.69) is 4.98 Å². The molecule has 0 aliphatic heterocycles. The lowest BCUT2D eigenvalue weighted by Crippen LogP contribution is -2.16. The van der Waals surface area contributed by atoms with Gasteiger partial charge in [-0.2, -0.15) is 0 Å². The van der Waals surface area contributed by atoms with E-state index in [1.165, 1.54) is 6.07 Å². The maximum Gasteiger partial charge on any atom is 0.249 e. The lowest BCUT2D eigenvalue weighted by Gasteiger charge is -2.00. The number of nitrogens with one attached hydrogen (secondary N) is 1. The Kier molecular flexibility index (Phi) is 2.94. The van der Waals surface area contributed by atoms with Crippen molar-refractivity contribution in [2.24, 2.45) is 5.73 Å². The van der Waals surface area contributed by atoms with Crippen molar-refractivity contribution in [1.82, 2.24) is 4.98 Å². The second-order valence-corrected chi connectivity index (χ2v) is 4.95. The number of hydrogen-bond acceptors (Lipinski definition) is 4. The number of pyridine rings is 1. The molecule has 3 N–H and O–H groups in total. The van der Waals surface area contributed by atoms with Gasteiger partial charge in [-0.15, -0.1) is 0 Å². The van der Waals surface area contributed by atoms with Crippen LogP contribution in [0.1, 0.15) is 5.56 Å². The van der Waals surface area contributed by atoms with Gasteiger partial charge in [0.15, 0.2) is 9.84 Å². The molecule has 0 aliphatic rings. The maximum atomic E-state index is 11.1. The first-order valence-electron chi connectivity index (χ1n) is 3.87. The van der Waals surface area contributed by atoms with Gasteiger partial charge in [-0.3, -0.25) is 9.59 Å². The number of carbonyl (C=O) groups is 1. The van der Waals surface area contributed by atoms with Gasteiger partial charge in [0, 0.05) is 12.3 Å². The molecule has 1 heterocycles. The summed E-state index contributed by atoms with van der Waals surface area (Å²) in [7, 11) is -3.51. The largest absolute Gasteiger partial charge is 0.369 e. The van der Waals surface area contributed by atoms with Gasteiger partial charge >= 0.3 is 0 Å². The number of rotatable bonds is 3. The highest BCUT2D eigenvalue weighted by Crippen LogP contribution is 2.06. The quantitative estimate of drug-likeness (QED) is 0.679. The molecule has 0 atom stereocenters. The van der Waals surface area contributed by atoms with Crippen molar-refractivity contribution in [3.05, 3.63) is 34.5 Å². The van der Waals surface area contributed by atoms with Crippen molar-refractivity contribution in [2.45, 2.75) is 5.03 Å². The van der Waals surface area contributed by atoms with Gasteiger partial charge in [0.05, 0.1) is 6.42 Å². The van der Waals surface area contributed by atoms with Crippen LogP contribution >= 0.6 is 0 Å². The van der Waals surface area contributed by atoms with Crippen molar-refractivity contribution < 1.29 is 13.2 Å². The zero-order valence-corrected chi connectivity index (χ0v) is 8.67. The van der Waals surface area contributed by atoms with Gasteiger partial charge in [-0.05, 0) is 11.6 Å². The Hall–Kier alpha value is -1.63. The third-order valence-electron chi connectivity index (χ3n) is 1.55. The Morgan fingerprint density at radius 1 is 1.47 bits per heavy atom. The van der Waals surface area contributed by atoms with Crippen LogP contribution in [0.5, 0.6) is 0 Å². The molecule has 6 nitrogen and oxygen atoms in total. The van der Waals surface area contributed by atoms with E-state index in [9.17, 15) is 18.0 Å². The van der Waals surface area contributed by atoms with Crippen LogP contribution in [0, 0.1) is 6.42 Å². The van der Waals surface area contributed by atoms with E-state index in [4.69, 9.17) is 5.73 Å². The molecule has 0 unspecified atom stereocenters. The predicted octanol–water partition coefficient (Wildman–Crippen LogP) is -1.18. The van der Waals surface area contributed by atoms with Crippen molar-refractivity contribution >= 4 is 15.7 Å². The summed E-state index contributed by atoms with van der Waals surface area (Å²) < 4.78 is 22.2. The van der Waals surface area contributed by atoms with Crippen LogP contribution in [-0.4, -0.2) is 25.6 Å². The second-order valence-electron chi connectivity index (χ2n) is 2.96. The number of primary amides is 1. The van der Waals surface area contributed by atoms with Gasteiger partial charge in [0.1, 0.15) is 5.03 Å². The minimum absolute atomic E-state index is 0.159. The summed E-state index contributed by atoms with van der Waals surface area (Å²) >= 11 is 0. The van der Waals surface area contributed by atoms with Gasteiger partial charge in [-0.25, -0.2) is 8.42 Å². The first-order chi connectivity index (χ1) is 6.79. The number of sulfone groups is 1. The van der Waals surface area contributed by atoms with Crippen LogP contribution in [0.2, 0.25) is 0 Å². The van der Waals surface area contributed by atoms with E-state index in [-0.39, 0.29) is 10.6 Å². The summed E-state index contributed by atoms with van der Waals surface area (Å²) in [5.41, 5.74) is 4.43. The van der Waals surface area contributed by atoms with Crippen LogP contribution in [-0.2, 0) is 14.6 Å². The summed E-state index contributed by atoms with van der Waals surface area (Å²) in [6, 6.07) is 2.25. The van der Waals surface area contributed by atoms with E-state index >= 15 is 0 Å². The number of carbonyl (C=O) groups excluding carboxylic acids is 1. The highest BCUT2D eigenvalue weighted by Gasteiger charge is 2.10. The molecular weight excluding hydrogens is 220 g/mol. The van der Waals surface area contributed by atoms with Crippen LogP contribution < -0.4 is 11.3 Å². The summed E-state index contributed by atoms with van der Waals surface area (Å²) in [6.07, 6.45) is 1.93.